The van der Waals surface area contributed by atoms with Crippen molar-refractivity contribution in [2.45, 2.75) is 210 Å². The summed E-state index contributed by atoms with van der Waals surface area (Å²) in [7, 11) is 0. The summed E-state index contributed by atoms with van der Waals surface area (Å²) in [6.07, 6.45) is 27.1. The van der Waals surface area contributed by atoms with Gasteiger partial charge in [0.05, 0.1) is 19.8 Å². The first kappa shape index (κ1) is 50.1. The number of rotatable bonds is 37. The average Bonchev–Trinajstić information content (AvgIpc) is 3.10. The summed E-state index contributed by atoms with van der Waals surface area (Å²) in [5.41, 5.74) is 1.21. The molecule has 0 radical (unpaired) electrons. The summed E-state index contributed by atoms with van der Waals surface area (Å²) in [6.45, 7) is 27.5. The summed E-state index contributed by atoms with van der Waals surface area (Å²) in [4.78, 5) is 0. The Kier molecular flexibility index (Phi) is 31.5. The lowest BCUT2D eigenvalue weighted by Gasteiger charge is -2.21. The van der Waals surface area contributed by atoms with Crippen LogP contribution in [0.4, 0.5) is 0 Å². The fraction of sp³-hybridized carbons (Fsp3) is 0.880. The first-order chi connectivity index (χ1) is 25.4. The molecule has 3 heteroatoms. The van der Waals surface area contributed by atoms with Crippen LogP contribution in [0.5, 0.6) is 0 Å². The maximum atomic E-state index is 6.42. The van der Waals surface area contributed by atoms with E-state index in [9.17, 15) is 0 Å². The van der Waals surface area contributed by atoms with Gasteiger partial charge in [0, 0.05) is 13.2 Å². The lowest BCUT2D eigenvalue weighted by atomic mass is 9.91. The minimum atomic E-state index is -0.00669. The molecule has 0 spiro atoms. The van der Waals surface area contributed by atoms with E-state index in [4.69, 9.17) is 14.2 Å². The van der Waals surface area contributed by atoms with Crippen molar-refractivity contribution in [3.05, 3.63) is 35.9 Å². The van der Waals surface area contributed by atoms with Gasteiger partial charge in [-0.15, -0.1) is 0 Å². The van der Waals surface area contributed by atoms with Gasteiger partial charge in [-0.2, -0.15) is 0 Å². The fourth-order valence-corrected chi connectivity index (χ4v) is 7.84. The Morgan fingerprint density at radius 1 is 0.377 bits per heavy atom. The highest BCUT2D eigenvalue weighted by atomic mass is 16.6. The van der Waals surface area contributed by atoms with Gasteiger partial charge in [0.2, 0.25) is 0 Å². The van der Waals surface area contributed by atoms with Crippen LogP contribution >= 0.6 is 0 Å². The molecule has 3 unspecified atom stereocenters. The van der Waals surface area contributed by atoms with E-state index in [-0.39, 0.29) is 6.10 Å². The van der Waals surface area contributed by atoms with Gasteiger partial charge in [-0.1, -0.05) is 215 Å². The van der Waals surface area contributed by atoms with Crippen molar-refractivity contribution in [1.29, 1.82) is 0 Å². The van der Waals surface area contributed by atoms with Crippen LogP contribution in [-0.2, 0) is 20.8 Å². The van der Waals surface area contributed by atoms with Crippen molar-refractivity contribution in [2.75, 3.05) is 26.4 Å². The van der Waals surface area contributed by atoms with Gasteiger partial charge in [0.15, 0.2) is 0 Å². The zero-order chi connectivity index (χ0) is 39.1. The Morgan fingerprint density at radius 3 is 1.11 bits per heavy atom. The Balaban J connectivity index is 2.26. The van der Waals surface area contributed by atoms with Crippen LogP contribution in [0.25, 0.3) is 0 Å². The summed E-state index contributed by atoms with van der Waals surface area (Å²) >= 11 is 0. The van der Waals surface area contributed by atoms with E-state index in [1.807, 2.05) is 0 Å². The van der Waals surface area contributed by atoms with Crippen molar-refractivity contribution in [3.63, 3.8) is 0 Å². The Labute approximate surface area is 333 Å². The van der Waals surface area contributed by atoms with Crippen molar-refractivity contribution in [1.82, 2.24) is 0 Å². The predicted octanol–water partition coefficient (Wildman–Crippen LogP) is 15.5. The summed E-state index contributed by atoms with van der Waals surface area (Å²) in [5.74, 6) is 6.60. The zero-order valence-corrected chi connectivity index (χ0v) is 37.5. The molecule has 0 aliphatic rings. The van der Waals surface area contributed by atoms with Crippen molar-refractivity contribution < 1.29 is 14.2 Å². The molecule has 0 heterocycles. The second-order valence-corrected chi connectivity index (χ2v) is 19.1. The van der Waals surface area contributed by atoms with E-state index in [0.29, 0.717) is 31.7 Å². The van der Waals surface area contributed by atoms with Crippen molar-refractivity contribution in [3.8, 4) is 0 Å². The highest BCUT2D eigenvalue weighted by Crippen LogP contribution is 2.24. The summed E-state index contributed by atoms with van der Waals surface area (Å²) in [5, 5.41) is 0. The Hall–Kier alpha value is -0.900. The molecule has 0 aromatic heterocycles. The second-order valence-electron chi connectivity index (χ2n) is 19.1. The zero-order valence-electron chi connectivity index (χ0n) is 37.5. The number of hydrogen-bond acceptors (Lipinski definition) is 3. The fourth-order valence-electron chi connectivity index (χ4n) is 7.84. The highest BCUT2D eigenvalue weighted by molar-refractivity contribution is 5.13. The first-order valence-corrected chi connectivity index (χ1v) is 23.2. The summed E-state index contributed by atoms with van der Waals surface area (Å²) < 4.78 is 18.8. The van der Waals surface area contributed by atoms with Crippen LogP contribution in [-0.4, -0.2) is 32.5 Å². The van der Waals surface area contributed by atoms with Crippen molar-refractivity contribution >= 4 is 0 Å². The monoisotopic (exact) mass is 743 g/mol. The van der Waals surface area contributed by atoms with Gasteiger partial charge >= 0.3 is 0 Å². The van der Waals surface area contributed by atoms with Crippen LogP contribution in [0.1, 0.15) is 203 Å². The van der Waals surface area contributed by atoms with Gasteiger partial charge < -0.3 is 14.2 Å². The van der Waals surface area contributed by atoms with Crippen LogP contribution < -0.4 is 0 Å². The highest BCUT2D eigenvalue weighted by Gasteiger charge is 2.14. The van der Waals surface area contributed by atoms with E-state index in [1.54, 1.807) is 0 Å². The van der Waals surface area contributed by atoms with Crippen LogP contribution in [0.3, 0.4) is 0 Å². The maximum Gasteiger partial charge on any atom is 0.104 e. The molecule has 0 N–H and O–H groups in total. The molecular formula is C50H94O3. The molecule has 53 heavy (non-hydrogen) atoms. The molecule has 7 atom stereocenters. The minimum absolute atomic E-state index is 0.00669. The third-order valence-corrected chi connectivity index (χ3v) is 12.0. The number of ether oxygens (including phenoxy) is 3. The second kappa shape index (κ2) is 33.3. The Bertz CT molecular complexity index is 899. The number of benzene rings is 1. The lowest BCUT2D eigenvalue weighted by Crippen LogP contribution is -2.27. The molecule has 0 amide bonds. The van der Waals surface area contributed by atoms with Gasteiger partial charge in [-0.3, -0.25) is 0 Å². The van der Waals surface area contributed by atoms with Crippen LogP contribution in [0, 0.1) is 47.3 Å². The molecule has 0 saturated heterocycles. The predicted molar refractivity (Wildman–Crippen MR) is 234 cm³/mol. The molecule has 3 nitrogen and oxygen atoms in total. The molecule has 0 aliphatic carbocycles. The van der Waals surface area contributed by atoms with Crippen LogP contribution in [0.2, 0.25) is 0 Å². The maximum absolute atomic E-state index is 6.42. The minimum Gasteiger partial charge on any atom is -0.379 e. The molecule has 0 bridgehead atoms. The van der Waals surface area contributed by atoms with Gasteiger partial charge in [-0.05, 0) is 65.7 Å². The van der Waals surface area contributed by atoms with Gasteiger partial charge in [0.1, 0.15) is 6.10 Å². The first-order valence-electron chi connectivity index (χ1n) is 23.2. The lowest BCUT2D eigenvalue weighted by molar-refractivity contribution is -0.0670. The van der Waals surface area contributed by atoms with Gasteiger partial charge in [0.25, 0.3) is 0 Å². The molecule has 0 saturated carbocycles. The summed E-state index contributed by atoms with van der Waals surface area (Å²) in [6, 6.07) is 10.5. The van der Waals surface area contributed by atoms with Crippen LogP contribution in [0.15, 0.2) is 30.3 Å². The largest absolute Gasteiger partial charge is 0.379 e. The van der Waals surface area contributed by atoms with E-state index in [0.717, 1.165) is 61.6 Å². The normalized spacial score (nSPS) is 16.2. The van der Waals surface area contributed by atoms with E-state index >= 15 is 0 Å². The molecule has 312 valence electrons. The Morgan fingerprint density at radius 2 is 0.717 bits per heavy atom. The third-order valence-electron chi connectivity index (χ3n) is 12.0. The quantitative estimate of drug-likeness (QED) is 0.0635. The standard InChI is InChI=1S/C50H94O3/c1-41(2)20-14-22-43(5)24-16-26-45(7)28-18-30-47(9)34-36-51-39-50(40-52-38-49-32-12-11-13-33-49)53-37-35-48(10)31-19-29-46(8)27-17-25-44(6)23-15-21-42(3)4/h11-13,32-33,41-48,50H,14-31,34-40H2,1-10H3/t43-,44-,45-,46-,47?,48?,50?/m1/s1. The molecule has 0 fully saturated rings. The SMILES string of the molecule is CC(C)CCC[C@@H](C)CCC[C@@H](C)CCCC(C)CCOCC(COCc1ccccc1)OCCC(C)CCC[C@H](C)CCC[C@H](C)CCCC(C)C. The topological polar surface area (TPSA) is 27.7 Å². The third kappa shape index (κ3) is 31.9. The molecule has 1 aromatic rings. The van der Waals surface area contributed by atoms with E-state index in [1.165, 1.54) is 121 Å². The molecule has 1 rings (SSSR count). The van der Waals surface area contributed by atoms with E-state index in [2.05, 4.69) is 99.6 Å². The number of hydrogen-bond donors (Lipinski definition) is 0. The molecule has 0 aliphatic heterocycles. The smallest absolute Gasteiger partial charge is 0.104 e. The average molecular weight is 743 g/mol. The van der Waals surface area contributed by atoms with E-state index < -0.39 is 0 Å². The molecule has 1 aromatic carbocycles. The molecular weight excluding hydrogens is 649 g/mol. The van der Waals surface area contributed by atoms with Crippen molar-refractivity contribution in [2.24, 2.45) is 47.3 Å². The van der Waals surface area contributed by atoms with Gasteiger partial charge in [-0.25, -0.2) is 0 Å².